The second-order valence-electron chi connectivity index (χ2n) is 6.52. The van der Waals surface area contributed by atoms with E-state index in [0.29, 0.717) is 31.9 Å². The Morgan fingerprint density at radius 2 is 1.77 bits per heavy atom. The van der Waals surface area contributed by atoms with Crippen LogP contribution in [0.4, 0.5) is 5.69 Å². The summed E-state index contributed by atoms with van der Waals surface area (Å²) in [5, 5.41) is 2.78. The first kappa shape index (κ1) is 20.3. The highest BCUT2D eigenvalue weighted by Gasteiger charge is 2.26. The fraction of sp³-hybridized carbons (Fsp3) is 0.529. The van der Waals surface area contributed by atoms with Crippen LogP contribution in [0.3, 0.4) is 0 Å². The van der Waals surface area contributed by atoms with Crippen LogP contribution in [0.5, 0.6) is 0 Å². The van der Waals surface area contributed by atoms with Gasteiger partial charge in [0.1, 0.15) is 0 Å². The van der Waals surface area contributed by atoms with E-state index in [9.17, 15) is 18.0 Å². The minimum Gasteiger partial charge on any atom is -0.340 e. The number of anilines is 1. The summed E-state index contributed by atoms with van der Waals surface area (Å²) in [4.78, 5) is 27.8. The number of benzene rings is 1. The molecular formula is C17H26N4O4S. The van der Waals surface area contributed by atoms with Gasteiger partial charge in [-0.1, -0.05) is 6.07 Å². The summed E-state index contributed by atoms with van der Waals surface area (Å²) in [6.07, 6.45) is 0. The first-order valence-corrected chi connectivity index (χ1v) is 9.90. The molecule has 1 aromatic rings. The molecule has 0 saturated carbocycles. The van der Waals surface area contributed by atoms with Crippen LogP contribution in [0.1, 0.15) is 13.8 Å². The van der Waals surface area contributed by atoms with E-state index in [-0.39, 0.29) is 22.8 Å². The highest BCUT2D eigenvalue weighted by molar-refractivity contribution is 7.89. The Balaban J connectivity index is 2.03. The molecule has 1 N–H and O–H groups in total. The number of sulfonamides is 1. The minimum absolute atomic E-state index is 0.0423. The van der Waals surface area contributed by atoms with Crippen LogP contribution in [0, 0.1) is 0 Å². The maximum absolute atomic E-state index is 12.5. The van der Waals surface area contributed by atoms with Gasteiger partial charge in [-0.15, -0.1) is 0 Å². The lowest BCUT2D eigenvalue weighted by atomic mass is 10.2. The van der Waals surface area contributed by atoms with Crippen LogP contribution in [0.2, 0.25) is 0 Å². The topological polar surface area (TPSA) is 90.0 Å². The average molecular weight is 382 g/mol. The molecule has 2 rings (SSSR count). The second kappa shape index (κ2) is 8.15. The van der Waals surface area contributed by atoms with Gasteiger partial charge in [0.25, 0.3) is 0 Å². The van der Waals surface area contributed by atoms with Gasteiger partial charge in [-0.05, 0) is 25.1 Å². The van der Waals surface area contributed by atoms with E-state index in [1.54, 1.807) is 30.9 Å². The van der Waals surface area contributed by atoms with E-state index >= 15 is 0 Å². The molecule has 1 aromatic carbocycles. The molecule has 0 radical (unpaired) electrons. The SMILES string of the molecule is CC(=O)N1CCN([C@H](C)C(=O)Nc2cccc(S(=O)(=O)N(C)C)c2)CC1. The molecule has 0 aliphatic carbocycles. The zero-order chi connectivity index (χ0) is 19.5. The number of hydrogen-bond donors (Lipinski definition) is 1. The fourth-order valence-corrected chi connectivity index (χ4v) is 3.73. The highest BCUT2D eigenvalue weighted by atomic mass is 32.2. The molecular weight excluding hydrogens is 356 g/mol. The van der Waals surface area contributed by atoms with Crippen molar-refractivity contribution in [2.75, 3.05) is 45.6 Å². The van der Waals surface area contributed by atoms with Crippen molar-refractivity contribution in [1.82, 2.24) is 14.1 Å². The van der Waals surface area contributed by atoms with Gasteiger partial charge in [0, 0.05) is 52.9 Å². The van der Waals surface area contributed by atoms with E-state index < -0.39 is 10.0 Å². The molecule has 1 atom stereocenters. The predicted molar refractivity (Wildman–Crippen MR) is 99.2 cm³/mol. The standard InChI is InChI=1S/C17H26N4O4S/c1-13(20-8-10-21(11-9-20)14(2)22)17(23)18-15-6-5-7-16(12-15)26(24,25)19(3)4/h5-7,12-13H,8-11H2,1-4H3,(H,18,23)/t13-/m1/s1. The maximum Gasteiger partial charge on any atom is 0.242 e. The van der Waals surface area contributed by atoms with Gasteiger partial charge in [0.05, 0.1) is 10.9 Å². The quantitative estimate of drug-likeness (QED) is 0.798. The lowest BCUT2D eigenvalue weighted by Crippen LogP contribution is -2.53. The van der Waals surface area contributed by atoms with Crippen LogP contribution >= 0.6 is 0 Å². The van der Waals surface area contributed by atoms with Crippen molar-refractivity contribution in [2.45, 2.75) is 24.8 Å². The molecule has 26 heavy (non-hydrogen) atoms. The van der Waals surface area contributed by atoms with E-state index in [0.717, 1.165) is 4.31 Å². The maximum atomic E-state index is 12.5. The smallest absolute Gasteiger partial charge is 0.242 e. The third kappa shape index (κ3) is 4.60. The zero-order valence-electron chi connectivity index (χ0n) is 15.6. The van der Waals surface area contributed by atoms with Crippen molar-refractivity contribution in [3.8, 4) is 0 Å². The Labute approximate surface area is 154 Å². The molecule has 1 aliphatic rings. The van der Waals surface area contributed by atoms with Crippen molar-refractivity contribution >= 4 is 27.5 Å². The third-order valence-corrected chi connectivity index (χ3v) is 6.38. The lowest BCUT2D eigenvalue weighted by molar-refractivity contribution is -0.131. The lowest BCUT2D eigenvalue weighted by Gasteiger charge is -2.37. The largest absolute Gasteiger partial charge is 0.340 e. The van der Waals surface area contributed by atoms with E-state index in [2.05, 4.69) is 5.32 Å². The summed E-state index contributed by atoms with van der Waals surface area (Å²) in [5.74, 6) is -0.165. The molecule has 0 spiro atoms. The Hall–Kier alpha value is -1.97. The summed E-state index contributed by atoms with van der Waals surface area (Å²) < 4.78 is 25.5. The fourth-order valence-electron chi connectivity index (χ4n) is 2.78. The Kier molecular flexibility index (Phi) is 6.38. The molecule has 0 unspecified atom stereocenters. The number of nitrogens with one attached hydrogen (secondary N) is 1. The summed E-state index contributed by atoms with van der Waals surface area (Å²) in [5.41, 5.74) is 0.437. The highest BCUT2D eigenvalue weighted by Crippen LogP contribution is 2.18. The molecule has 1 aliphatic heterocycles. The van der Waals surface area contributed by atoms with Gasteiger partial charge < -0.3 is 10.2 Å². The number of nitrogens with zero attached hydrogens (tertiary/aromatic N) is 3. The average Bonchev–Trinajstić information content (AvgIpc) is 2.61. The molecule has 1 fully saturated rings. The van der Waals surface area contributed by atoms with E-state index in [4.69, 9.17) is 0 Å². The Bertz CT molecular complexity index is 771. The number of piperazine rings is 1. The molecule has 2 amide bonds. The van der Waals surface area contributed by atoms with Crippen LogP contribution in [0.15, 0.2) is 29.2 Å². The second-order valence-corrected chi connectivity index (χ2v) is 8.67. The number of amides is 2. The van der Waals surface area contributed by atoms with Crippen LogP contribution < -0.4 is 5.32 Å². The van der Waals surface area contributed by atoms with Gasteiger partial charge in [0.2, 0.25) is 21.8 Å². The molecule has 0 aromatic heterocycles. The van der Waals surface area contributed by atoms with Crippen molar-refractivity contribution < 1.29 is 18.0 Å². The van der Waals surface area contributed by atoms with Crippen molar-refractivity contribution in [1.29, 1.82) is 0 Å². The van der Waals surface area contributed by atoms with Crippen molar-refractivity contribution in [2.24, 2.45) is 0 Å². The van der Waals surface area contributed by atoms with Gasteiger partial charge in [-0.2, -0.15) is 0 Å². The molecule has 144 valence electrons. The van der Waals surface area contributed by atoms with Crippen LogP contribution in [0.25, 0.3) is 0 Å². The van der Waals surface area contributed by atoms with Crippen LogP contribution in [-0.2, 0) is 19.6 Å². The van der Waals surface area contributed by atoms with Crippen LogP contribution in [-0.4, -0.2) is 80.7 Å². The third-order valence-electron chi connectivity index (χ3n) is 4.57. The van der Waals surface area contributed by atoms with Gasteiger partial charge in [0.15, 0.2) is 0 Å². The van der Waals surface area contributed by atoms with Crippen molar-refractivity contribution in [3.63, 3.8) is 0 Å². The van der Waals surface area contributed by atoms with E-state index in [1.165, 1.54) is 26.2 Å². The summed E-state index contributed by atoms with van der Waals surface area (Å²) in [7, 11) is -0.633. The number of hydrogen-bond acceptors (Lipinski definition) is 5. The first-order valence-electron chi connectivity index (χ1n) is 8.46. The molecule has 1 heterocycles. The molecule has 1 saturated heterocycles. The van der Waals surface area contributed by atoms with Gasteiger partial charge in [-0.3, -0.25) is 14.5 Å². The van der Waals surface area contributed by atoms with Gasteiger partial charge in [-0.25, -0.2) is 12.7 Å². The molecule has 8 nitrogen and oxygen atoms in total. The summed E-state index contributed by atoms with van der Waals surface area (Å²) >= 11 is 0. The van der Waals surface area contributed by atoms with Crippen molar-refractivity contribution in [3.05, 3.63) is 24.3 Å². The Morgan fingerprint density at radius 3 is 2.31 bits per heavy atom. The predicted octanol–water partition coefficient (Wildman–Crippen LogP) is 0.428. The number of rotatable bonds is 5. The van der Waals surface area contributed by atoms with Gasteiger partial charge >= 0.3 is 0 Å². The normalized spacial score (nSPS) is 17.2. The summed E-state index contributed by atoms with van der Waals surface area (Å²) in [6.45, 7) is 5.80. The monoisotopic (exact) mass is 382 g/mol. The minimum atomic E-state index is -3.56. The molecule has 9 heteroatoms. The Morgan fingerprint density at radius 1 is 1.15 bits per heavy atom. The number of carbonyl (C=O) groups is 2. The zero-order valence-corrected chi connectivity index (χ0v) is 16.4. The van der Waals surface area contributed by atoms with E-state index in [1.807, 2.05) is 4.90 Å². The molecule has 0 bridgehead atoms. The number of carbonyl (C=O) groups excluding carboxylic acids is 2. The first-order chi connectivity index (χ1) is 12.1. The summed E-state index contributed by atoms with van der Waals surface area (Å²) in [6, 6.07) is 5.83.